The smallest absolute Gasteiger partial charge is 0.303 e. The quantitative estimate of drug-likeness (QED) is 0.209. The zero-order valence-electron chi connectivity index (χ0n) is 13.9. The molecule has 0 saturated carbocycles. The summed E-state index contributed by atoms with van der Waals surface area (Å²) < 4.78 is 0. The van der Waals surface area contributed by atoms with E-state index in [2.05, 4.69) is 19.1 Å². The summed E-state index contributed by atoms with van der Waals surface area (Å²) in [6.45, 7) is 2.26. The van der Waals surface area contributed by atoms with E-state index in [-0.39, 0.29) is 31.1 Å². The van der Waals surface area contributed by atoms with Crippen molar-refractivity contribution in [3.05, 3.63) is 12.2 Å². The number of aliphatic carboxylic acids is 1. The third-order valence-electron chi connectivity index (χ3n) is 3.65. The molecule has 0 atom stereocenters. The van der Waals surface area contributed by atoms with Crippen LogP contribution in [0, 0.1) is 31.1 Å². The number of carbonyl (C=O) groups is 1. The van der Waals surface area contributed by atoms with Crippen molar-refractivity contribution in [2.75, 3.05) is 0 Å². The maximum Gasteiger partial charge on any atom is 0.303 e. The van der Waals surface area contributed by atoms with E-state index in [4.69, 9.17) is 5.11 Å². The first-order valence-corrected chi connectivity index (χ1v) is 8.64. The Balaban J connectivity index is 0. The summed E-state index contributed by atoms with van der Waals surface area (Å²) in [4.78, 5) is 10.3. The van der Waals surface area contributed by atoms with Crippen LogP contribution in [0.25, 0.3) is 0 Å². The summed E-state index contributed by atoms with van der Waals surface area (Å²) in [5.74, 6) is -0.664. The van der Waals surface area contributed by atoms with Gasteiger partial charge in [0.15, 0.2) is 0 Å². The van der Waals surface area contributed by atoms with Gasteiger partial charge >= 0.3 is 5.97 Å². The minimum Gasteiger partial charge on any atom is -0.481 e. The number of unbranched alkanes of at least 4 members (excludes halogenated alkanes) is 11. The fourth-order valence-electron chi connectivity index (χ4n) is 2.35. The van der Waals surface area contributed by atoms with Gasteiger partial charge in [-0.3, -0.25) is 4.79 Å². The van der Waals surface area contributed by atoms with Crippen molar-refractivity contribution in [1.82, 2.24) is 0 Å². The van der Waals surface area contributed by atoms with Crippen molar-refractivity contribution in [3.8, 4) is 0 Å². The SMILES string of the molecule is CCCCCCCCC=CCCCCCCCC(=O)O.[U]. The number of rotatable bonds is 15. The van der Waals surface area contributed by atoms with Gasteiger partial charge in [0.1, 0.15) is 0 Å². The van der Waals surface area contributed by atoms with Gasteiger partial charge in [-0.15, -0.1) is 0 Å². The largest absolute Gasteiger partial charge is 0.481 e. The Labute approximate surface area is 155 Å². The molecule has 0 aromatic carbocycles. The van der Waals surface area contributed by atoms with E-state index in [1.165, 1.54) is 70.6 Å². The molecule has 0 radical (unpaired) electrons. The van der Waals surface area contributed by atoms with Gasteiger partial charge in [0.2, 0.25) is 0 Å². The molecule has 0 aromatic heterocycles. The topological polar surface area (TPSA) is 37.3 Å². The van der Waals surface area contributed by atoms with Gasteiger partial charge in [0.05, 0.1) is 0 Å². The minimum absolute atomic E-state index is 0. The summed E-state index contributed by atoms with van der Waals surface area (Å²) in [7, 11) is 0. The van der Waals surface area contributed by atoms with E-state index in [9.17, 15) is 4.79 Å². The first kappa shape index (κ1) is 23.5. The molecule has 0 aliphatic heterocycles. The molecule has 0 saturated heterocycles. The maximum atomic E-state index is 10.3. The van der Waals surface area contributed by atoms with Crippen LogP contribution in [0.4, 0.5) is 0 Å². The van der Waals surface area contributed by atoms with E-state index >= 15 is 0 Å². The number of carboxylic acid groups (broad SMARTS) is 1. The van der Waals surface area contributed by atoms with Crippen LogP contribution in [0.5, 0.6) is 0 Å². The van der Waals surface area contributed by atoms with Crippen LogP contribution < -0.4 is 0 Å². The van der Waals surface area contributed by atoms with E-state index in [0.717, 1.165) is 12.8 Å². The Kier molecular flexibility index (Phi) is 22.7. The van der Waals surface area contributed by atoms with Crippen molar-refractivity contribution in [2.24, 2.45) is 0 Å². The van der Waals surface area contributed by atoms with Gasteiger partial charge in [-0.1, -0.05) is 70.4 Å². The van der Waals surface area contributed by atoms with Gasteiger partial charge in [-0.2, -0.15) is 0 Å². The third kappa shape index (κ3) is 22.7. The fourth-order valence-corrected chi connectivity index (χ4v) is 2.35. The van der Waals surface area contributed by atoms with Gasteiger partial charge < -0.3 is 5.11 Å². The molecule has 0 fully saturated rings. The molecule has 2 nitrogen and oxygen atoms in total. The zero-order valence-corrected chi connectivity index (χ0v) is 18.1. The van der Waals surface area contributed by atoms with Crippen molar-refractivity contribution in [3.63, 3.8) is 0 Å². The normalized spacial score (nSPS) is 10.7. The second kappa shape index (κ2) is 20.3. The third-order valence-corrected chi connectivity index (χ3v) is 3.65. The van der Waals surface area contributed by atoms with Crippen LogP contribution >= 0.6 is 0 Å². The molecule has 0 amide bonds. The van der Waals surface area contributed by atoms with Crippen LogP contribution in [0.3, 0.4) is 0 Å². The van der Waals surface area contributed by atoms with Gasteiger partial charge in [0.25, 0.3) is 0 Å². The predicted molar refractivity (Wildman–Crippen MR) is 87.1 cm³/mol. The van der Waals surface area contributed by atoms with Gasteiger partial charge in [-0.25, -0.2) is 0 Å². The van der Waals surface area contributed by atoms with Crippen molar-refractivity contribution in [2.45, 2.75) is 96.8 Å². The standard InChI is InChI=1S/C18H34O2.U/c1-2-3-4-5-6-7-8-9-10-11-12-13-14-15-16-17-18(19)20;/h9-10H,2-8,11-17H2,1H3,(H,19,20);. The number of carboxylic acids is 1. The molecule has 0 bridgehead atoms. The van der Waals surface area contributed by atoms with Crippen molar-refractivity contribution in [1.29, 1.82) is 0 Å². The molecule has 0 aliphatic rings. The molecule has 0 aliphatic carbocycles. The average Bonchev–Trinajstić information content (AvgIpc) is 2.43. The monoisotopic (exact) mass is 520 g/mol. The average molecular weight is 520 g/mol. The van der Waals surface area contributed by atoms with Crippen LogP contribution in [0.15, 0.2) is 12.2 Å². The summed E-state index contributed by atoms with van der Waals surface area (Å²) >= 11 is 0. The van der Waals surface area contributed by atoms with Gasteiger partial charge in [0, 0.05) is 37.5 Å². The minimum atomic E-state index is -0.664. The molecule has 122 valence electrons. The predicted octanol–water partition coefficient (Wildman–Crippen LogP) is 6.11. The number of allylic oxidation sites excluding steroid dienone is 2. The molecular formula is C18H34O2U. The summed E-state index contributed by atoms with van der Waals surface area (Å²) in [5, 5.41) is 8.51. The van der Waals surface area contributed by atoms with E-state index in [1.807, 2.05) is 0 Å². The van der Waals surface area contributed by atoms with Crippen LogP contribution in [0.1, 0.15) is 96.8 Å². The van der Waals surface area contributed by atoms with Crippen molar-refractivity contribution >= 4 is 5.97 Å². The molecule has 0 rings (SSSR count). The molecule has 3 heteroatoms. The van der Waals surface area contributed by atoms with E-state index in [0.29, 0.717) is 6.42 Å². The number of hydrogen-bond donors (Lipinski definition) is 1. The zero-order chi connectivity index (χ0) is 14.9. The summed E-state index contributed by atoms with van der Waals surface area (Å²) in [6, 6.07) is 0. The van der Waals surface area contributed by atoms with Crippen molar-refractivity contribution < 1.29 is 41.0 Å². The van der Waals surface area contributed by atoms with Crippen LogP contribution in [-0.4, -0.2) is 11.1 Å². The second-order valence-corrected chi connectivity index (χ2v) is 5.73. The Morgan fingerprint density at radius 3 is 1.67 bits per heavy atom. The second-order valence-electron chi connectivity index (χ2n) is 5.73. The first-order valence-electron chi connectivity index (χ1n) is 8.64. The fraction of sp³-hybridized carbons (Fsp3) is 0.833. The Morgan fingerprint density at radius 1 is 0.762 bits per heavy atom. The maximum absolute atomic E-state index is 10.3. The molecule has 0 aromatic rings. The molecule has 0 spiro atoms. The molecule has 0 unspecified atom stereocenters. The molecule has 0 heterocycles. The summed E-state index contributed by atoms with van der Waals surface area (Å²) in [5.41, 5.74) is 0. The Bertz CT molecular complexity index is 239. The van der Waals surface area contributed by atoms with Crippen LogP contribution in [-0.2, 0) is 4.79 Å². The molecule has 21 heavy (non-hydrogen) atoms. The van der Waals surface area contributed by atoms with Crippen LogP contribution in [0.2, 0.25) is 0 Å². The first-order chi connectivity index (χ1) is 9.77. The Morgan fingerprint density at radius 2 is 1.19 bits per heavy atom. The van der Waals surface area contributed by atoms with E-state index in [1.54, 1.807) is 0 Å². The number of hydrogen-bond acceptors (Lipinski definition) is 1. The van der Waals surface area contributed by atoms with E-state index < -0.39 is 5.97 Å². The Hall–Kier alpha value is 0.262. The summed E-state index contributed by atoms with van der Waals surface area (Å²) in [6.07, 6.45) is 21.2. The molecular weight excluding hydrogens is 486 g/mol. The van der Waals surface area contributed by atoms with Gasteiger partial charge in [-0.05, 0) is 32.1 Å². The molecule has 1 N–H and O–H groups in total.